The highest BCUT2D eigenvalue weighted by Crippen LogP contribution is 2.64. The molecule has 2 heteroatoms. The third kappa shape index (κ3) is 12.1. The van der Waals surface area contributed by atoms with E-state index in [4.69, 9.17) is 0 Å². The summed E-state index contributed by atoms with van der Waals surface area (Å²) >= 11 is 0. The molecular formula is C26H56OS. The largest absolute Gasteiger partial charge is 0.351 e. The summed E-state index contributed by atoms with van der Waals surface area (Å²) in [5.41, 5.74) is 0. The van der Waals surface area contributed by atoms with Crippen molar-refractivity contribution in [3.63, 3.8) is 0 Å². The van der Waals surface area contributed by atoms with Crippen molar-refractivity contribution in [2.24, 2.45) is 0 Å². The van der Waals surface area contributed by atoms with Crippen LogP contribution in [-0.2, 0) is 0 Å². The third-order valence-electron chi connectivity index (χ3n) is 6.32. The Bertz CT molecular complexity index is 336. The predicted octanol–water partition coefficient (Wildman–Crippen LogP) is 10.1. The van der Waals surface area contributed by atoms with Crippen LogP contribution in [0.5, 0.6) is 0 Å². The average Bonchev–Trinajstić information content (AvgIpc) is 2.59. The minimum atomic E-state index is -1.59. The Morgan fingerprint density at radius 2 is 0.714 bits per heavy atom. The van der Waals surface area contributed by atoms with Crippen LogP contribution in [0.3, 0.4) is 0 Å². The maximum Gasteiger partial charge on any atom is 0.0134 e. The molecule has 0 amide bonds. The highest BCUT2D eigenvalue weighted by molar-refractivity contribution is 8.31. The summed E-state index contributed by atoms with van der Waals surface area (Å²) in [4.78, 5) is 0. The second-order valence-corrected chi connectivity index (χ2v) is 15.2. The Labute approximate surface area is 181 Å². The molecule has 0 rings (SSSR count). The van der Waals surface area contributed by atoms with E-state index in [9.17, 15) is 4.55 Å². The second-order valence-electron chi connectivity index (χ2n) is 10.9. The van der Waals surface area contributed by atoms with Gasteiger partial charge in [0.05, 0.1) is 0 Å². The molecule has 0 saturated carbocycles. The molecule has 0 aromatic rings. The lowest BCUT2D eigenvalue weighted by atomic mass is 10.0. The molecular weight excluding hydrogens is 360 g/mol. The SMILES string of the molecule is CCCCCCCCCCCCCCCCCCS(O)(C(C)(C)C)C(C)(C)C. The van der Waals surface area contributed by atoms with Gasteiger partial charge in [0.1, 0.15) is 0 Å². The molecule has 0 unspecified atom stereocenters. The monoisotopic (exact) mass is 416 g/mol. The van der Waals surface area contributed by atoms with E-state index in [0.717, 1.165) is 5.75 Å². The van der Waals surface area contributed by atoms with Gasteiger partial charge in [-0.15, -0.1) is 10.3 Å². The van der Waals surface area contributed by atoms with E-state index in [1.54, 1.807) is 0 Å². The maximum absolute atomic E-state index is 11.4. The maximum atomic E-state index is 11.4. The van der Waals surface area contributed by atoms with Gasteiger partial charge in [-0.1, -0.05) is 145 Å². The molecule has 1 nitrogen and oxygen atoms in total. The van der Waals surface area contributed by atoms with Gasteiger partial charge in [0.25, 0.3) is 0 Å². The quantitative estimate of drug-likeness (QED) is 0.234. The van der Waals surface area contributed by atoms with E-state index in [1.807, 2.05) is 0 Å². The zero-order chi connectivity index (χ0) is 21.5. The molecule has 0 spiro atoms. The number of rotatable bonds is 17. The topological polar surface area (TPSA) is 20.2 Å². The van der Waals surface area contributed by atoms with Crippen LogP contribution >= 0.6 is 10.3 Å². The molecule has 0 bridgehead atoms. The summed E-state index contributed by atoms with van der Waals surface area (Å²) in [6, 6.07) is 0. The van der Waals surface area contributed by atoms with E-state index >= 15 is 0 Å². The highest BCUT2D eigenvalue weighted by Gasteiger charge is 2.43. The minimum Gasteiger partial charge on any atom is -0.351 e. The molecule has 0 aliphatic carbocycles. The van der Waals surface area contributed by atoms with Crippen LogP contribution in [0.2, 0.25) is 0 Å². The second kappa shape index (κ2) is 15.2. The Balaban J connectivity index is 3.55. The first kappa shape index (κ1) is 28.3. The summed E-state index contributed by atoms with van der Waals surface area (Å²) in [7, 11) is -1.59. The lowest BCUT2D eigenvalue weighted by molar-refractivity contribution is 0.521. The molecule has 0 heterocycles. The van der Waals surface area contributed by atoms with Gasteiger partial charge in [0, 0.05) is 9.49 Å². The molecule has 0 fully saturated rings. The predicted molar refractivity (Wildman–Crippen MR) is 134 cm³/mol. The van der Waals surface area contributed by atoms with Crippen LogP contribution in [0.15, 0.2) is 0 Å². The first-order valence-corrected chi connectivity index (χ1v) is 14.3. The molecule has 0 saturated heterocycles. The Morgan fingerprint density at radius 3 is 0.964 bits per heavy atom. The molecule has 28 heavy (non-hydrogen) atoms. The van der Waals surface area contributed by atoms with Crippen LogP contribution < -0.4 is 0 Å². The molecule has 0 atom stereocenters. The van der Waals surface area contributed by atoms with Gasteiger partial charge in [-0.2, -0.15) is 0 Å². The van der Waals surface area contributed by atoms with Crippen molar-refractivity contribution in [2.45, 2.75) is 161 Å². The van der Waals surface area contributed by atoms with Gasteiger partial charge in [-0.3, -0.25) is 0 Å². The Hall–Kier alpha value is 0.310. The van der Waals surface area contributed by atoms with Crippen molar-refractivity contribution >= 4 is 10.3 Å². The molecule has 0 radical (unpaired) electrons. The van der Waals surface area contributed by atoms with E-state index in [0.29, 0.717) is 0 Å². The highest BCUT2D eigenvalue weighted by atomic mass is 32.3. The number of hydrogen-bond acceptors (Lipinski definition) is 1. The zero-order valence-electron chi connectivity index (χ0n) is 20.9. The fourth-order valence-corrected chi connectivity index (χ4v) is 8.07. The fourth-order valence-electron chi connectivity index (χ4n) is 4.39. The first-order chi connectivity index (χ1) is 13.1. The molecule has 0 aliphatic rings. The van der Waals surface area contributed by atoms with Gasteiger partial charge < -0.3 is 4.55 Å². The summed E-state index contributed by atoms with van der Waals surface area (Å²) in [5, 5.41) is 0. The summed E-state index contributed by atoms with van der Waals surface area (Å²) in [5.74, 6) is 1.01. The van der Waals surface area contributed by atoms with E-state index in [2.05, 4.69) is 48.5 Å². The lowest BCUT2D eigenvalue weighted by Crippen LogP contribution is -2.39. The van der Waals surface area contributed by atoms with Crippen LogP contribution in [-0.4, -0.2) is 19.8 Å². The minimum absolute atomic E-state index is 0.0146. The summed E-state index contributed by atoms with van der Waals surface area (Å²) < 4.78 is 11.4. The molecule has 0 aromatic heterocycles. The van der Waals surface area contributed by atoms with Crippen LogP contribution in [0.4, 0.5) is 0 Å². The van der Waals surface area contributed by atoms with Crippen LogP contribution in [0.1, 0.15) is 151 Å². The smallest absolute Gasteiger partial charge is 0.0134 e. The Kier molecular flexibility index (Phi) is 15.3. The van der Waals surface area contributed by atoms with Crippen molar-refractivity contribution in [1.82, 2.24) is 0 Å². The first-order valence-electron chi connectivity index (χ1n) is 12.6. The number of hydrogen-bond donors (Lipinski definition) is 1. The normalized spacial score (nSPS) is 13.9. The van der Waals surface area contributed by atoms with Crippen LogP contribution in [0.25, 0.3) is 0 Å². The summed E-state index contributed by atoms with van der Waals surface area (Å²) in [6.45, 7) is 15.6. The van der Waals surface area contributed by atoms with E-state index in [1.165, 1.54) is 103 Å². The van der Waals surface area contributed by atoms with Gasteiger partial charge >= 0.3 is 0 Å². The molecule has 172 valence electrons. The van der Waals surface area contributed by atoms with Crippen molar-refractivity contribution in [1.29, 1.82) is 0 Å². The van der Waals surface area contributed by atoms with Crippen molar-refractivity contribution in [2.75, 3.05) is 5.75 Å². The lowest BCUT2D eigenvalue weighted by Gasteiger charge is -2.54. The third-order valence-corrected chi connectivity index (χ3v) is 11.3. The van der Waals surface area contributed by atoms with Gasteiger partial charge in [0.15, 0.2) is 0 Å². The van der Waals surface area contributed by atoms with Gasteiger partial charge in [-0.25, -0.2) is 0 Å². The molecule has 0 aromatic carbocycles. The van der Waals surface area contributed by atoms with Crippen LogP contribution in [0, 0.1) is 0 Å². The van der Waals surface area contributed by atoms with Crippen molar-refractivity contribution in [3.05, 3.63) is 0 Å². The van der Waals surface area contributed by atoms with Crippen molar-refractivity contribution < 1.29 is 4.55 Å². The molecule has 1 N–H and O–H groups in total. The fraction of sp³-hybridized carbons (Fsp3) is 1.00. The van der Waals surface area contributed by atoms with E-state index in [-0.39, 0.29) is 9.49 Å². The van der Waals surface area contributed by atoms with E-state index < -0.39 is 10.3 Å². The number of unbranched alkanes of at least 4 members (excludes halogenated alkanes) is 15. The Morgan fingerprint density at radius 1 is 0.464 bits per heavy atom. The standard InChI is InChI=1S/C26H56OS/c1-8-9-10-11-12-13-14-15-16-17-18-19-20-21-22-23-24-28(27,25(2,3)4)26(5,6)7/h27H,8-24H2,1-7H3. The zero-order valence-corrected chi connectivity index (χ0v) is 21.7. The van der Waals surface area contributed by atoms with Gasteiger partial charge in [-0.05, 0) is 12.2 Å². The average molecular weight is 417 g/mol. The van der Waals surface area contributed by atoms with Crippen molar-refractivity contribution in [3.8, 4) is 0 Å². The summed E-state index contributed by atoms with van der Waals surface area (Å²) in [6.07, 6.45) is 22.5. The molecule has 0 aliphatic heterocycles. The van der Waals surface area contributed by atoms with Gasteiger partial charge in [0.2, 0.25) is 0 Å².